The van der Waals surface area contributed by atoms with Gasteiger partial charge in [-0.15, -0.1) is 0 Å². The van der Waals surface area contributed by atoms with Crippen molar-refractivity contribution in [3.05, 3.63) is 30.3 Å². The van der Waals surface area contributed by atoms with Crippen molar-refractivity contribution in [2.24, 2.45) is 5.41 Å². The van der Waals surface area contributed by atoms with Crippen molar-refractivity contribution >= 4 is 12.1 Å². The molecule has 1 unspecified atom stereocenters. The first-order valence-corrected chi connectivity index (χ1v) is 6.56. The van der Waals surface area contributed by atoms with E-state index in [9.17, 15) is 9.59 Å². The third-order valence-corrected chi connectivity index (χ3v) is 3.24. The number of nitrogens with one attached hydrogen (secondary N) is 1. The lowest BCUT2D eigenvalue weighted by atomic mass is 9.84. The van der Waals surface area contributed by atoms with Gasteiger partial charge in [0.05, 0.1) is 13.5 Å². The van der Waals surface area contributed by atoms with E-state index in [0.29, 0.717) is 12.3 Å². The van der Waals surface area contributed by atoms with Crippen LogP contribution in [0, 0.1) is 5.41 Å². The number of benzene rings is 1. The molecule has 0 aliphatic carbocycles. The zero-order valence-electron chi connectivity index (χ0n) is 12.1. The zero-order valence-corrected chi connectivity index (χ0v) is 12.1. The Balaban J connectivity index is 2.53. The molecule has 1 atom stereocenters. The molecule has 1 amide bonds. The summed E-state index contributed by atoms with van der Waals surface area (Å²) in [5, 5.41) is 2.62. The maximum Gasteiger partial charge on any atom is 0.406 e. The van der Waals surface area contributed by atoms with Gasteiger partial charge in [0.15, 0.2) is 0 Å². The van der Waals surface area contributed by atoms with Crippen molar-refractivity contribution < 1.29 is 19.1 Å². The van der Waals surface area contributed by atoms with Gasteiger partial charge in [0, 0.05) is 6.54 Å². The molecule has 1 aromatic carbocycles. The molecule has 0 aromatic heterocycles. The Kier molecular flexibility index (Phi) is 6.03. The van der Waals surface area contributed by atoms with Crippen molar-refractivity contribution in [3.63, 3.8) is 0 Å². The summed E-state index contributed by atoms with van der Waals surface area (Å²) in [5.74, 6) is 0.212. The standard InChI is InChI=1S/C15H21NO4/c1-4-15(2,11-16-14(18)19-3)10-13(17)20-12-8-6-5-7-9-12/h5-9H,4,10-11H2,1-3H3,(H,16,18). The van der Waals surface area contributed by atoms with Gasteiger partial charge in [-0.3, -0.25) is 4.79 Å². The van der Waals surface area contributed by atoms with Gasteiger partial charge in [-0.25, -0.2) is 4.79 Å². The van der Waals surface area contributed by atoms with E-state index in [1.54, 1.807) is 24.3 Å². The number of methoxy groups -OCH3 is 1. The number of rotatable bonds is 6. The number of alkyl carbamates (subject to hydrolysis) is 1. The predicted molar refractivity (Wildman–Crippen MR) is 75.5 cm³/mol. The SMILES string of the molecule is CCC(C)(CNC(=O)OC)CC(=O)Oc1ccccc1. The van der Waals surface area contributed by atoms with Crippen LogP contribution in [0.1, 0.15) is 26.7 Å². The molecule has 0 heterocycles. The van der Waals surface area contributed by atoms with Crippen molar-refractivity contribution in [1.29, 1.82) is 0 Å². The number of hydrogen-bond acceptors (Lipinski definition) is 4. The van der Waals surface area contributed by atoms with E-state index >= 15 is 0 Å². The van der Waals surface area contributed by atoms with Crippen LogP contribution in [0.2, 0.25) is 0 Å². The molecule has 0 aliphatic rings. The van der Waals surface area contributed by atoms with E-state index < -0.39 is 6.09 Å². The van der Waals surface area contributed by atoms with Gasteiger partial charge in [-0.1, -0.05) is 32.0 Å². The first-order chi connectivity index (χ1) is 9.49. The Bertz CT molecular complexity index is 446. The quantitative estimate of drug-likeness (QED) is 0.642. The number of carbonyl (C=O) groups excluding carboxylic acids is 2. The lowest BCUT2D eigenvalue weighted by molar-refractivity contribution is -0.136. The topological polar surface area (TPSA) is 64.6 Å². The lowest BCUT2D eigenvalue weighted by Gasteiger charge is -2.27. The Hall–Kier alpha value is -2.04. The largest absolute Gasteiger partial charge is 0.453 e. The fourth-order valence-corrected chi connectivity index (χ4v) is 1.67. The second kappa shape index (κ2) is 7.53. The Morgan fingerprint density at radius 2 is 1.90 bits per heavy atom. The van der Waals surface area contributed by atoms with E-state index in [2.05, 4.69) is 10.1 Å². The van der Waals surface area contributed by atoms with Crippen molar-refractivity contribution in [2.75, 3.05) is 13.7 Å². The van der Waals surface area contributed by atoms with Crippen LogP contribution < -0.4 is 10.1 Å². The zero-order chi connectivity index (χ0) is 15.0. The maximum absolute atomic E-state index is 11.9. The summed E-state index contributed by atoms with van der Waals surface area (Å²) in [6.07, 6.45) is 0.463. The fourth-order valence-electron chi connectivity index (χ4n) is 1.67. The van der Waals surface area contributed by atoms with Crippen molar-refractivity contribution in [1.82, 2.24) is 5.32 Å². The van der Waals surface area contributed by atoms with E-state index in [4.69, 9.17) is 4.74 Å². The molecule has 0 radical (unpaired) electrons. The molecule has 1 aromatic rings. The van der Waals surface area contributed by atoms with Crippen LogP contribution in [0.3, 0.4) is 0 Å². The van der Waals surface area contributed by atoms with Gasteiger partial charge in [-0.05, 0) is 24.0 Å². The number of para-hydroxylation sites is 1. The van der Waals surface area contributed by atoms with Crippen molar-refractivity contribution in [3.8, 4) is 5.75 Å². The molecule has 0 saturated carbocycles. The second-order valence-electron chi connectivity index (χ2n) is 4.97. The van der Waals surface area contributed by atoms with Crippen LogP contribution in [-0.4, -0.2) is 25.7 Å². The molecule has 110 valence electrons. The van der Waals surface area contributed by atoms with Gasteiger partial charge < -0.3 is 14.8 Å². The first kappa shape index (κ1) is 16.0. The van der Waals surface area contributed by atoms with Gasteiger partial charge in [0.25, 0.3) is 0 Å². The highest BCUT2D eigenvalue weighted by Crippen LogP contribution is 2.26. The number of hydrogen-bond donors (Lipinski definition) is 1. The smallest absolute Gasteiger partial charge is 0.406 e. The van der Waals surface area contributed by atoms with Crippen LogP contribution in [0.4, 0.5) is 4.79 Å². The average Bonchev–Trinajstić information content (AvgIpc) is 2.45. The molecule has 1 rings (SSSR count). The maximum atomic E-state index is 11.9. The monoisotopic (exact) mass is 279 g/mol. The molecule has 0 saturated heterocycles. The summed E-state index contributed by atoms with van der Waals surface area (Å²) in [6.45, 7) is 4.25. The summed E-state index contributed by atoms with van der Waals surface area (Å²) >= 11 is 0. The summed E-state index contributed by atoms with van der Waals surface area (Å²) in [6, 6.07) is 8.93. The molecule has 0 fully saturated rings. The van der Waals surface area contributed by atoms with Gasteiger partial charge >= 0.3 is 12.1 Å². The van der Waals surface area contributed by atoms with Crippen LogP contribution in [0.5, 0.6) is 5.75 Å². The minimum Gasteiger partial charge on any atom is -0.453 e. The fraction of sp³-hybridized carbons (Fsp3) is 0.467. The third kappa shape index (κ3) is 5.30. The molecule has 0 spiro atoms. The van der Waals surface area contributed by atoms with E-state index in [-0.39, 0.29) is 17.8 Å². The highest BCUT2D eigenvalue weighted by molar-refractivity contribution is 5.73. The summed E-state index contributed by atoms with van der Waals surface area (Å²) in [7, 11) is 1.31. The Morgan fingerprint density at radius 3 is 2.45 bits per heavy atom. The first-order valence-electron chi connectivity index (χ1n) is 6.56. The number of amides is 1. The molecule has 20 heavy (non-hydrogen) atoms. The lowest BCUT2D eigenvalue weighted by Crippen LogP contribution is -2.37. The Labute approximate surface area is 119 Å². The number of ether oxygens (including phenoxy) is 2. The molecule has 5 nitrogen and oxygen atoms in total. The van der Waals surface area contributed by atoms with Gasteiger partial charge in [0.2, 0.25) is 0 Å². The molecular weight excluding hydrogens is 258 g/mol. The van der Waals surface area contributed by atoms with E-state index in [0.717, 1.165) is 6.42 Å². The highest BCUT2D eigenvalue weighted by atomic mass is 16.5. The van der Waals surface area contributed by atoms with Gasteiger partial charge in [0.1, 0.15) is 5.75 Å². The molecule has 0 aliphatic heterocycles. The molecule has 0 bridgehead atoms. The summed E-state index contributed by atoms with van der Waals surface area (Å²) < 4.78 is 9.79. The molecule has 5 heteroatoms. The van der Waals surface area contributed by atoms with Crippen LogP contribution in [0.15, 0.2) is 30.3 Å². The van der Waals surface area contributed by atoms with Crippen LogP contribution in [-0.2, 0) is 9.53 Å². The normalized spacial score (nSPS) is 13.2. The highest BCUT2D eigenvalue weighted by Gasteiger charge is 2.27. The van der Waals surface area contributed by atoms with Crippen LogP contribution >= 0.6 is 0 Å². The van der Waals surface area contributed by atoms with Crippen molar-refractivity contribution in [2.45, 2.75) is 26.7 Å². The van der Waals surface area contributed by atoms with Gasteiger partial charge in [-0.2, -0.15) is 0 Å². The number of esters is 1. The third-order valence-electron chi connectivity index (χ3n) is 3.24. The molecule has 1 N–H and O–H groups in total. The van der Waals surface area contributed by atoms with Crippen LogP contribution in [0.25, 0.3) is 0 Å². The van der Waals surface area contributed by atoms with E-state index in [1.807, 2.05) is 19.9 Å². The number of carbonyl (C=O) groups is 2. The molecular formula is C15H21NO4. The minimum absolute atomic E-state index is 0.225. The minimum atomic E-state index is -0.499. The van der Waals surface area contributed by atoms with E-state index in [1.165, 1.54) is 7.11 Å². The predicted octanol–water partition coefficient (Wildman–Crippen LogP) is 2.75. The Morgan fingerprint density at radius 1 is 1.25 bits per heavy atom. The average molecular weight is 279 g/mol. The second-order valence-corrected chi connectivity index (χ2v) is 4.97. The summed E-state index contributed by atoms with van der Waals surface area (Å²) in [5.41, 5.74) is -0.361. The summed E-state index contributed by atoms with van der Waals surface area (Å²) in [4.78, 5) is 23.0.